The molecule has 3 aromatic rings. The lowest BCUT2D eigenvalue weighted by atomic mass is 10.2. The van der Waals surface area contributed by atoms with Gasteiger partial charge in [0.25, 0.3) is 0 Å². The Kier molecular flexibility index (Phi) is 6.56. The van der Waals surface area contributed by atoms with Gasteiger partial charge in [-0.05, 0) is 50.5 Å². The van der Waals surface area contributed by atoms with E-state index in [-0.39, 0.29) is 0 Å². The lowest BCUT2D eigenvalue weighted by Gasteiger charge is -2.10. The maximum absolute atomic E-state index is 2.75. The SMILES string of the molecule is CCCSc1cc2ccccc2n1-c1ccccc1.CNC. The van der Waals surface area contributed by atoms with Crippen molar-refractivity contribution in [2.45, 2.75) is 18.4 Å². The number of fused-ring (bicyclic) bond motifs is 1. The van der Waals surface area contributed by atoms with Gasteiger partial charge in [-0.1, -0.05) is 43.3 Å². The van der Waals surface area contributed by atoms with Gasteiger partial charge in [0.1, 0.15) is 0 Å². The molecular formula is C19H24N2S. The standard InChI is InChI=1S/C17H17NS.C2H7N/c1-2-12-19-17-13-14-8-6-7-11-16(14)18(17)15-9-4-3-5-10-15;1-3-2/h3-11,13H,2,12H2,1H3;3H,1-2H3. The second kappa shape index (κ2) is 8.66. The summed E-state index contributed by atoms with van der Waals surface area (Å²) in [6.45, 7) is 2.22. The van der Waals surface area contributed by atoms with Crippen LogP contribution in [0.4, 0.5) is 0 Å². The van der Waals surface area contributed by atoms with E-state index in [0.29, 0.717) is 0 Å². The Morgan fingerprint density at radius 3 is 2.27 bits per heavy atom. The summed E-state index contributed by atoms with van der Waals surface area (Å²) in [6, 6.07) is 21.5. The van der Waals surface area contributed by atoms with E-state index in [1.54, 1.807) is 0 Å². The summed E-state index contributed by atoms with van der Waals surface area (Å²) in [7, 11) is 3.75. The Balaban J connectivity index is 0.000000545. The topological polar surface area (TPSA) is 17.0 Å². The Morgan fingerprint density at radius 1 is 0.955 bits per heavy atom. The van der Waals surface area contributed by atoms with Crippen molar-refractivity contribution < 1.29 is 0 Å². The van der Waals surface area contributed by atoms with Crippen LogP contribution in [0.3, 0.4) is 0 Å². The van der Waals surface area contributed by atoms with Crippen LogP contribution in [-0.2, 0) is 0 Å². The molecule has 22 heavy (non-hydrogen) atoms. The third-order valence-electron chi connectivity index (χ3n) is 3.15. The van der Waals surface area contributed by atoms with Crippen molar-refractivity contribution in [3.05, 3.63) is 60.7 Å². The molecule has 0 atom stereocenters. The van der Waals surface area contributed by atoms with E-state index in [4.69, 9.17) is 0 Å². The first-order valence-electron chi connectivity index (χ1n) is 7.69. The zero-order valence-electron chi connectivity index (χ0n) is 13.5. The van der Waals surface area contributed by atoms with Gasteiger partial charge >= 0.3 is 0 Å². The molecule has 0 aliphatic carbocycles. The number of rotatable bonds is 4. The highest BCUT2D eigenvalue weighted by Gasteiger charge is 2.09. The van der Waals surface area contributed by atoms with Crippen LogP contribution in [-0.4, -0.2) is 24.4 Å². The molecular weight excluding hydrogens is 288 g/mol. The van der Waals surface area contributed by atoms with Gasteiger partial charge in [0, 0.05) is 11.1 Å². The van der Waals surface area contributed by atoms with Crippen LogP contribution in [0.5, 0.6) is 0 Å². The van der Waals surface area contributed by atoms with Crippen molar-refractivity contribution in [1.82, 2.24) is 9.88 Å². The molecule has 1 aromatic heterocycles. The van der Waals surface area contributed by atoms with Crippen LogP contribution in [0.1, 0.15) is 13.3 Å². The smallest absolute Gasteiger partial charge is 0.0805 e. The van der Waals surface area contributed by atoms with E-state index in [9.17, 15) is 0 Å². The van der Waals surface area contributed by atoms with Gasteiger partial charge in [0.05, 0.1) is 10.5 Å². The van der Waals surface area contributed by atoms with E-state index in [0.717, 1.165) is 5.75 Å². The number of thioether (sulfide) groups is 1. The molecule has 0 amide bonds. The van der Waals surface area contributed by atoms with Crippen molar-refractivity contribution >= 4 is 22.7 Å². The van der Waals surface area contributed by atoms with Crippen LogP contribution < -0.4 is 5.32 Å². The van der Waals surface area contributed by atoms with Gasteiger partial charge in [-0.3, -0.25) is 0 Å². The predicted molar refractivity (Wildman–Crippen MR) is 99.3 cm³/mol. The highest BCUT2D eigenvalue weighted by Crippen LogP contribution is 2.31. The van der Waals surface area contributed by atoms with E-state index in [1.807, 2.05) is 25.9 Å². The molecule has 0 bridgehead atoms. The fraction of sp³-hybridized carbons (Fsp3) is 0.263. The maximum atomic E-state index is 2.75. The molecule has 0 aliphatic rings. The average molecular weight is 312 g/mol. The van der Waals surface area contributed by atoms with Crippen LogP contribution in [0.25, 0.3) is 16.6 Å². The number of hydrogen-bond donors (Lipinski definition) is 1. The fourth-order valence-electron chi connectivity index (χ4n) is 2.29. The van der Waals surface area contributed by atoms with Gasteiger partial charge < -0.3 is 9.88 Å². The van der Waals surface area contributed by atoms with Crippen molar-refractivity contribution in [2.75, 3.05) is 19.8 Å². The Morgan fingerprint density at radius 2 is 1.59 bits per heavy atom. The lowest BCUT2D eigenvalue weighted by molar-refractivity contribution is 0.985. The molecule has 0 aliphatic heterocycles. The lowest BCUT2D eigenvalue weighted by Crippen LogP contribution is -1.95. The summed E-state index contributed by atoms with van der Waals surface area (Å²) < 4.78 is 2.36. The minimum absolute atomic E-state index is 1.16. The molecule has 3 heteroatoms. The van der Waals surface area contributed by atoms with Gasteiger partial charge in [0.15, 0.2) is 0 Å². The maximum Gasteiger partial charge on any atom is 0.0805 e. The zero-order chi connectivity index (χ0) is 15.8. The number of benzene rings is 2. The molecule has 0 radical (unpaired) electrons. The zero-order valence-corrected chi connectivity index (χ0v) is 14.4. The number of nitrogens with zero attached hydrogens (tertiary/aromatic N) is 1. The van der Waals surface area contributed by atoms with Gasteiger partial charge in [0.2, 0.25) is 0 Å². The van der Waals surface area contributed by atoms with Crippen molar-refractivity contribution in [2.24, 2.45) is 0 Å². The molecule has 1 heterocycles. The van der Waals surface area contributed by atoms with Crippen LogP contribution in [0, 0.1) is 0 Å². The van der Waals surface area contributed by atoms with Gasteiger partial charge in [-0.25, -0.2) is 0 Å². The van der Waals surface area contributed by atoms with Crippen LogP contribution >= 0.6 is 11.8 Å². The first-order chi connectivity index (χ1) is 10.8. The van der Waals surface area contributed by atoms with Gasteiger partial charge in [-0.2, -0.15) is 0 Å². The van der Waals surface area contributed by atoms with E-state index >= 15 is 0 Å². The molecule has 116 valence electrons. The molecule has 1 N–H and O–H groups in total. The normalized spacial score (nSPS) is 10.3. The highest BCUT2D eigenvalue weighted by atomic mass is 32.2. The first kappa shape index (κ1) is 16.7. The summed E-state index contributed by atoms with van der Waals surface area (Å²) >= 11 is 1.93. The minimum atomic E-state index is 1.16. The van der Waals surface area contributed by atoms with Crippen molar-refractivity contribution in [3.63, 3.8) is 0 Å². The molecule has 2 nitrogen and oxygen atoms in total. The molecule has 0 unspecified atom stereocenters. The predicted octanol–water partition coefficient (Wildman–Crippen LogP) is 4.97. The van der Waals surface area contributed by atoms with Crippen molar-refractivity contribution in [1.29, 1.82) is 0 Å². The Hall–Kier alpha value is -1.71. The minimum Gasteiger partial charge on any atom is -0.323 e. The number of nitrogens with one attached hydrogen (secondary N) is 1. The van der Waals surface area contributed by atoms with E-state index in [2.05, 4.69) is 77.5 Å². The fourth-order valence-corrected chi connectivity index (χ4v) is 3.24. The summed E-state index contributed by atoms with van der Waals surface area (Å²) in [6.07, 6.45) is 1.20. The van der Waals surface area contributed by atoms with Gasteiger partial charge in [-0.15, -0.1) is 11.8 Å². The summed E-state index contributed by atoms with van der Waals surface area (Å²) in [4.78, 5) is 0. The third-order valence-corrected chi connectivity index (χ3v) is 4.35. The molecule has 0 fully saturated rings. The number of para-hydroxylation sites is 2. The van der Waals surface area contributed by atoms with E-state index in [1.165, 1.54) is 28.0 Å². The monoisotopic (exact) mass is 312 g/mol. The second-order valence-corrected chi connectivity index (χ2v) is 6.18. The first-order valence-corrected chi connectivity index (χ1v) is 8.67. The summed E-state index contributed by atoms with van der Waals surface area (Å²) in [5.74, 6) is 1.16. The average Bonchev–Trinajstić information content (AvgIpc) is 2.92. The Labute approximate surface area is 137 Å². The van der Waals surface area contributed by atoms with Crippen molar-refractivity contribution in [3.8, 4) is 5.69 Å². The number of aromatic nitrogens is 1. The molecule has 0 saturated heterocycles. The largest absolute Gasteiger partial charge is 0.323 e. The van der Waals surface area contributed by atoms with E-state index < -0.39 is 0 Å². The molecule has 0 spiro atoms. The number of hydrogen-bond acceptors (Lipinski definition) is 2. The third kappa shape index (κ3) is 3.93. The molecule has 3 rings (SSSR count). The Bertz CT molecular complexity index is 689. The highest BCUT2D eigenvalue weighted by molar-refractivity contribution is 7.99. The quantitative estimate of drug-likeness (QED) is 0.685. The summed E-state index contributed by atoms with van der Waals surface area (Å²) in [5.41, 5.74) is 2.52. The van der Waals surface area contributed by atoms with Crippen LogP contribution in [0.2, 0.25) is 0 Å². The second-order valence-electron chi connectivity index (χ2n) is 5.06. The molecule has 2 aromatic carbocycles. The molecule has 0 saturated carbocycles. The summed E-state index contributed by atoms with van der Waals surface area (Å²) in [5, 5.41) is 5.39. The van der Waals surface area contributed by atoms with Crippen LogP contribution in [0.15, 0.2) is 65.7 Å².